The van der Waals surface area contributed by atoms with Gasteiger partial charge >= 0.3 is 0 Å². The van der Waals surface area contributed by atoms with Gasteiger partial charge in [-0.3, -0.25) is 0 Å². The van der Waals surface area contributed by atoms with Gasteiger partial charge in [0.05, 0.1) is 0 Å². The van der Waals surface area contributed by atoms with Crippen LogP contribution < -0.4 is 5.73 Å². The normalized spacial score (nSPS) is 12.7. The molecule has 2 N–H and O–H groups in total. The minimum atomic E-state index is 0.389. The first-order chi connectivity index (χ1) is 7.26. The number of aryl methyl sites for hydroxylation is 2. The Balaban J connectivity index is 2.31. The van der Waals surface area contributed by atoms with Crippen molar-refractivity contribution in [2.24, 2.45) is 5.73 Å². The second-order valence-corrected chi connectivity index (χ2v) is 4.23. The molecule has 0 aliphatic heterocycles. The van der Waals surface area contributed by atoms with E-state index in [1.54, 1.807) is 0 Å². The molecule has 0 bridgehead atoms. The Kier molecular flexibility index (Phi) is 5.41. The molecule has 0 aromatic heterocycles. The predicted molar refractivity (Wildman–Crippen MR) is 67.0 cm³/mol. The minimum Gasteiger partial charge on any atom is -0.328 e. The van der Waals surface area contributed by atoms with Gasteiger partial charge in [0.1, 0.15) is 0 Å². The van der Waals surface area contributed by atoms with Gasteiger partial charge < -0.3 is 5.73 Å². The minimum absolute atomic E-state index is 0.389. The number of benzene rings is 1. The Morgan fingerprint density at radius 3 is 2.20 bits per heavy atom. The van der Waals surface area contributed by atoms with Crippen LogP contribution in [-0.4, -0.2) is 6.04 Å². The van der Waals surface area contributed by atoms with Crippen LogP contribution >= 0.6 is 0 Å². The molecule has 84 valence electrons. The van der Waals surface area contributed by atoms with Crippen molar-refractivity contribution in [1.29, 1.82) is 0 Å². The molecule has 1 rings (SSSR count). The summed E-state index contributed by atoms with van der Waals surface area (Å²) >= 11 is 0. The largest absolute Gasteiger partial charge is 0.328 e. The zero-order chi connectivity index (χ0) is 11.1. The molecule has 15 heavy (non-hydrogen) atoms. The van der Waals surface area contributed by atoms with Crippen molar-refractivity contribution in [2.75, 3.05) is 0 Å². The van der Waals surface area contributed by atoms with Crippen LogP contribution in [0.4, 0.5) is 0 Å². The third-order valence-electron chi connectivity index (χ3n) is 3.00. The summed E-state index contributed by atoms with van der Waals surface area (Å²) in [7, 11) is 0. The van der Waals surface area contributed by atoms with Gasteiger partial charge in [0.2, 0.25) is 0 Å². The Hall–Kier alpha value is -0.820. The molecule has 1 heteroatoms. The summed E-state index contributed by atoms with van der Waals surface area (Å²) < 4.78 is 0. The first-order valence-electron chi connectivity index (χ1n) is 6.09. The van der Waals surface area contributed by atoms with Crippen molar-refractivity contribution in [3.8, 4) is 0 Å². The summed E-state index contributed by atoms with van der Waals surface area (Å²) in [5, 5.41) is 0. The molecule has 0 saturated heterocycles. The third-order valence-corrected chi connectivity index (χ3v) is 3.00. The lowest BCUT2D eigenvalue weighted by molar-refractivity contribution is 0.568. The molecular weight excluding hydrogens is 182 g/mol. The lowest BCUT2D eigenvalue weighted by Crippen LogP contribution is -2.18. The molecular formula is C14H23N. The van der Waals surface area contributed by atoms with Gasteiger partial charge in [-0.1, -0.05) is 38.1 Å². The smallest absolute Gasteiger partial charge is 0.00363 e. The molecule has 0 radical (unpaired) electrons. The number of hydrogen-bond donors (Lipinski definition) is 1. The van der Waals surface area contributed by atoms with Crippen LogP contribution in [0.15, 0.2) is 24.3 Å². The highest BCUT2D eigenvalue weighted by atomic mass is 14.6. The second kappa shape index (κ2) is 6.62. The Morgan fingerprint density at radius 2 is 1.67 bits per heavy atom. The number of rotatable bonds is 6. The molecule has 0 heterocycles. The fraction of sp³-hybridized carbons (Fsp3) is 0.571. The zero-order valence-electron chi connectivity index (χ0n) is 10.00. The summed E-state index contributed by atoms with van der Waals surface area (Å²) in [6.07, 6.45) is 5.74. The van der Waals surface area contributed by atoms with E-state index in [2.05, 4.69) is 38.1 Å². The molecule has 0 saturated carbocycles. The summed E-state index contributed by atoms with van der Waals surface area (Å²) in [5.74, 6) is 0. The Bertz CT molecular complexity index is 263. The van der Waals surface area contributed by atoms with Gasteiger partial charge in [0.25, 0.3) is 0 Å². The first kappa shape index (κ1) is 12.3. The van der Waals surface area contributed by atoms with Crippen LogP contribution in [-0.2, 0) is 12.8 Å². The van der Waals surface area contributed by atoms with Crippen molar-refractivity contribution in [2.45, 2.75) is 52.0 Å². The molecule has 1 atom stereocenters. The highest BCUT2D eigenvalue weighted by molar-refractivity contribution is 5.22. The maximum atomic E-state index is 5.88. The zero-order valence-corrected chi connectivity index (χ0v) is 10.00. The molecule has 0 spiro atoms. The molecule has 0 amide bonds. The van der Waals surface area contributed by atoms with Crippen LogP contribution in [0, 0.1) is 0 Å². The summed E-state index contributed by atoms with van der Waals surface area (Å²) in [6, 6.07) is 9.34. The van der Waals surface area contributed by atoms with Crippen molar-refractivity contribution in [3.05, 3.63) is 35.4 Å². The highest BCUT2D eigenvalue weighted by Gasteiger charge is 1.99. The van der Waals surface area contributed by atoms with Crippen LogP contribution in [0.5, 0.6) is 0 Å². The number of nitrogens with two attached hydrogens (primary N) is 1. The van der Waals surface area contributed by atoms with E-state index < -0.39 is 0 Å². The van der Waals surface area contributed by atoms with Gasteiger partial charge in [-0.15, -0.1) is 0 Å². The second-order valence-electron chi connectivity index (χ2n) is 4.23. The van der Waals surface area contributed by atoms with E-state index in [4.69, 9.17) is 5.73 Å². The van der Waals surface area contributed by atoms with Crippen LogP contribution in [0.3, 0.4) is 0 Å². The van der Waals surface area contributed by atoms with Gasteiger partial charge in [0.15, 0.2) is 0 Å². The van der Waals surface area contributed by atoms with Crippen molar-refractivity contribution < 1.29 is 0 Å². The Labute approximate surface area is 93.7 Å². The lowest BCUT2D eigenvalue weighted by Gasteiger charge is -2.08. The average molecular weight is 205 g/mol. The van der Waals surface area contributed by atoms with Gasteiger partial charge in [0, 0.05) is 6.04 Å². The molecule has 1 nitrogen and oxygen atoms in total. The number of hydrogen-bond acceptors (Lipinski definition) is 1. The van der Waals surface area contributed by atoms with E-state index in [1.165, 1.54) is 17.5 Å². The molecule has 1 aromatic rings. The lowest BCUT2D eigenvalue weighted by atomic mass is 10.0. The van der Waals surface area contributed by atoms with Crippen LogP contribution in [0.25, 0.3) is 0 Å². The van der Waals surface area contributed by atoms with Crippen LogP contribution in [0.2, 0.25) is 0 Å². The quantitative estimate of drug-likeness (QED) is 0.757. The third kappa shape index (κ3) is 4.48. The van der Waals surface area contributed by atoms with Gasteiger partial charge in [-0.2, -0.15) is 0 Å². The highest BCUT2D eigenvalue weighted by Crippen LogP contribution is 2.09. The van der Waals surface area contributed by atoms with E-state index in [9.17, 15) is 0 Å². The Morgan fingerprint density at radius 1 is 1.07 bits per heavy atom. The maximum Gasteiger partial charge on any atom is 0.00363 e. The van der Waals surface area contributed by atoms with E-state index in [-0.39, 0.29) is 0 Å². The van der Waals surface area contributed by atoms with E-state index in [0.29, 0.717) is 6.04 Å². The molecule has 0 fully saturated rings. The topological polar surface area (TPSA) is 26.0 Å². The van der Waals surface area contributed by atoms with Crippen molar-refractivity contribution >= 4 is 0 Å². The van der Waals surface area contributed by atoms with Gasteiger partial charge in [-0.05, 0) is 43.2 Å². The summed E-state index contributed by atoms with van der Waals surface area (Å²) in [6.45, 7) is 4.34. The first-order valence-corrected chi connectivity index (χ1v) is 6.09. The van der Waals surface area contributed by atoms with E-state index in [1.807, 2.05) is 0 Å². The fourth-order valence-electron chi connectivity index (χ4n) is 1.71. The van der Waals surface area contributed by atoms with E-state index >= 15 is 0 Å². The monoisotopic (exact) mass is 205 g/mol. The molecule has 0 aliphatic rings. The van der Waals surface area contributed by atoms with Crippen molar-refractivity contribution in [1.82, 2.24) is 0 Å². The SMILES string of the molecule is CCc1ccc(CCCC(N)CC)cc1. The van der Waals surface area contributed by atoms with E-state index in [0.717, 1.165) is 25.7 Å². The molecule has 1 aromatic carbocycles. The standard InChI is InChI=1S/C14H23N/c1-3-12-8-10-13(11-9-12)6-5-7-14(15)4-2/h8-11,14H,3-7,15H2,1-2H3. The summed E-state index contributed by atoms with van der Waals surface area (Å²) in [4.78, 5) is 0. The average Bonchev–Trinajstić information content (AvgIpc) is 2.29. The molecule has 1 unspecified atom stereocenters. The predicted octanol–water partition coefficient (Wildman–Crippen LogP) is 3.31. The summed E-state index contributed by atoms with van der Waals surface area (Å²) in [5.41, 5.74) is 8.74. The fourth-order valence-corrected chi connectivity index (χ4v) is 1.71. The van der Waals surface area contributed by atoms with Gasteiger partial charge in [-0.25, -0.2) is 0 Å². The molecule has 0 aliphatic carbocycles. The van der Waals surface area contributed by atoms with Crippen LogP contribution in [0.1, 0.15) is 44.2 Å². The van der Waals surface area contributed by atoms with Crippen molar-refractivity contribution in [3.63, 3.8) is 0 Å². The maximum absolute atomic E-state index is 5.88.